The van der Waals surface area contributed by atoms with E-state index in [1.807, 2.05) is 13.8 Å². The molecular weight excluding hydrogens is 284 g/mol. The Balaban J connectivity index is 2.18. The van der Waals surface area contributed by atoms with Crippen molar-refractivity contribution in [1.29, 1.82) is 0 Å². The molecule has 0 aliphatic rings. The number of fused-ring (bicyclic) bond motifs is 1. The maximum atomic E-state index is 12.3. The van der Waals surface area contributed by atoms with Gasteiger partial charge in [-0.15, -0.1) is 0 Å². The van der Waals surface area contributed by atoms with Gasteiger partial charge in [0.1, 0.15) is 11.6 Å². The van der Waals surface area contributed by atoms with Crippen LogP contribution in [0, 0.1) is 12.8 Å². The molecule has 0 saturated heterocycles. The molecule has 0 radical (unpaired) electrons. The van der Waals surface area contributed by atoms with Gasteiger partial charge in [0, 0.05) is 12.5 Å². The molecule has 1 aromatic carbocycles. The lowest BCUT2D eigenvalue weighted by Crippen LogP contribution is -2.42. The number of benzene rings is 1. The quantitative estimate of drug-likeness (QED) is 0.858. The molecule has 0 unspecified atom stereocenters. The van der Waals surface area contributed by atoms with Crippen LogP contribution in [-0.4, -0.2) is 30.0 Å². The van der Waals surface area contributed by atoms with Crippen LogP contribution in [0.15, 0.2) is 22.6 Å². The van der Waals surface area contributed by atoms with Crippen molar-refractivity contribution in [2.24, 2.45) is 5.92 Å². The SMILES string of the molecule is COC(=O)[C@@H](CC(C)C)NC(=O)c1ccc2nc(C)oc2c1. The summed E-state index contributed by atoms with van der Waals surface area (Å²) in [6, 6.07) is 4.33. The smallest absolute Gasteiger partial charge is 0.328 e. The van der Waals surface area contributed by atoms with Crippen LogP contribution in [0.1, 0.15) is 36.5 Å². The molecule has 0 fully saturated rings. The average Bonchev–Trinajstić information content (AvgIpc) is 2.84. The molecule has 118 valence electrons. The van der Waals surface area contributed by atoms with Crippen LogP contribution in [-0.2, 0) is 9.53 Å². The molecular formula is C16H20N2O4. The zero-order chi connectivity index (χ0) is 16.3. The Hall–Kier alpha value is -2.37. The average molecular weight is 304 g/mol. The van der Waals surface area contributed by atoms with Crippen molar-refractivity contribution < 1.29 is 18.7 Å². The van der Waals surface area contributed by atoms with E-state index in [4.69, 9.17) is 9.15 Å². The Kier molecular flexibility index (Phi) is 4.80. The molecule has 22 heavy (non-hydrogen) atoms. The summed E-state index contributed by atoms with van der Waals surface area (Å²) in [6.07, 6.45) is 0.516. The van der Waals surface area contributed by atoms with E-state index in [9.17, 15) is 9.59 Å². The molecule has 0 aliphatic heterocycles. The van der Waals surface area contributed by atoms with E-state index in [2.05, 4.69) is 10.3 Å². The van der Waals surface area contributed by atoms with Gasteiger partial charge in [0.25, 0.3) is 5.91 Å². The highest BCUT2D eigenvalue weighted by Crippen LogP contribution is 2.17. The second-order valence-corrected chi connectivity index (χ2v) is 5.59. The van der Waals surface area contributed by atoms with Crippen molar-refractivity contribution in [2.45, 2.75) is 33.2 Å². The largest absolute Gasteiger partial charge is 0.467 e. The minimum Gasteiger partial charge on any atom is -0.467 e. The van der Waals surface area contributed by atoms with Crippen molar-refractivity contribution in [1.82, 2.24) is 10.3 Å². The monoisotopic (exact) mass is 304 g/mol. The van der Waals surface area contributed by atoms with Gasteiger partial charge in [0.2, 0.25) is 0 Å². The number of hydrogen-bond donors (Lipinski definition) is 1. The fourth-order valence-electron chi connectivity index (χ4n) is 2.25. The number of nitrogens with zero attached hydrogens (tertiary/aromatic N) is 1. The van der Waals surface area contributed by atoms with Gasteiger partial charge in [-0.25, -0.2) is 9.78 Å². The number of esters is 1. The maximum Gasteiger partial charge on any atom is 0.328 e. The summed E-state index contributed by atoms with van der Waals surface area (Å²) in [4.78, 5) is 28.3. The summed E-state index contributed by atoms with van der Waals surface area (Å²) in [5.74, 6) is 0.00856. The van der Waals surface area contributed by atoms with Gasteiger partial charge < -0.3 is 14.5 Å². The number of nitrogens with one attached hydrogen (secondary N) is 1. The number of ether oxygens (including phenoxy) is 1. The molecule has 1 heterocycles. The Morgan fingerprint density at radius 3 is 2.73 bits per heavy atom. The van der Waals surface area contributed by atoms with Gasteiger partial charge in [-0.2, -0.15) is 0 Å². The third kappa shape index (κ3) is 3.63. The van der Waals surface area contributed by atoms with E-state index in [1.165, 1.54) is 7.11 Å². The van der Waals surface area contributed by atoms with Crippen molar-refractivity contribution in [3.8, 4) is 0 Å². The summed E-state index contributed by atoms with van der Waals surface area (Å²) < 4.78 is 10.2. The lowest BCUT2D eigenvalue weighted by molar-refractivity contribution is -0.143. The van der Waals surface area contributed by atoms with Crippen molar-refractivity contribution >= 4 is 23.0 Å². The van der Waals surface area contributed by atoms with Gasteiger partial charge in [-0.1, -0.05) is 13.8 Å². The van der Waals surface area contributed by atoms with Gasteiger partial charge in [-0.05, 0) is 30.5 Å². The molecule has 1 amide bonds. The summed E-state index contributed by atoms with van der Waals surface area (Å²) >= 11 is 0. The minimum absolute atomic E-state index is 0.254. The number of rotatable bonds is 5. The van der Waals surface area contributed by atoms with E-state index in [-0.39, 0.29) is 11.8 Å². The predicted molar refractivity (Wildman–Crippen MR) is 81.5 cm³/mol. The van der Waals surface area contributed by atoms with Crippen molar-refractivity contribution in [2.75, 3.05) is 7.11 Å². The predicted octanol–water partition coefficient (Wildman–Crippen LogP) is 2.45. The van der Waals surface area contributed by atoms with Crippen molar-refractivity contribution in [3.63, 3.8) is 0 Å². The first-order chi connectivity index (χ1) is 10.4. The van der Waals surface area contributed by atoms with Crippen LogP contribution in [0.5, 0.6) is 0 Å². The normalized spacial score (nSPS) is 12.4. The molecule has 1 aromatic heterocycles. The van der Waals surface area contributed by atoms with E-state index in [0.29, 0.717) is 29.0 Å². The van der Waals surface area contributed by atoms with Crippen LogP contribution in [0.3, 0.4) is 0 Å². The molecule has 6 heteroatoms. The standard InChI is InChI=1S/C16H20N2O4/c1-9(2)7-13(16(20)21-4)18-15(19)11-5-6-12-14(8-11)22-10(3)17-12/h5-6,8-9,13H,7H2,1-4H3,(H,18,19)/t13-/m1/s1. The molecule has 6 nitrogen and oxygen atoms in total. The molecule has 0 saturated carbocycles. The van der Waals surface area contributed by atoms with Gasteiger partial charge >= 0.3 is 5.97 Å². The van der Waals surface area contributed by atoms with Crippen LogP contribution in [0.2, 0.25) is 0 Å². The number of methoxy groups -OCH3 is 1. The van der Waals surface area contributed by atoms with Crippen LogP contribution in [0.4, 0.5) is 0 Å². The number of aromatic nitrogens is 1. The number of aryl methyl sites for hydroxylation is 1. The first-order valence-electron chi connectivity index (χ1n) is 7.16. The first-order valence-corrected chi connectivity index (χ1v) is 7.16. The zero-order valence-corrected chi connectivity index (χ0v) is 13.2. The fourth-order valence-corrected chi connectivity index (χ4v) is 2.25. The van der Waals surface area contributed by atoms with E-state index >= 15 is 0 Å². The summed E-state index contributed by atoms with van der Waals surface area (Å²) in [7, 11) is 1.31. The first kappa shape index (κ1) is 16.0. The van der Waals surface area contributed by atoms with E-state index in [0.717, 1.165) is 0 Å². The number of oxazole rings is 1. The van der Waals surface area contributed by atoms with Crippen molar-refractivity contribution in [3.05, 3.63) is 29.7 Å². The van der Waals surface area contributed by atoms with Gasteiger partial charge in [0.15, 0.2) is 11.5 Å². The number of carbonyl (C=O) groups is 2. The molecule has 0 spiro atoms. The summed E-state index contributed by atoms with van der Waals surface area (Å²) in [5.41, 5.74) is 1.66. The zero-order valence-electron chi connectivity index (χ0n) is 13.2. The van der Waals surface area contributed by atoms with E-state index in [1.54, 1.807) is 25.1 Å². The number of hydrogen-bond acceptors (Lipinski definition) is 5. The van der Waals surface area contributed by atoms with E-state index < -0.39 is 12.0 Å². The molecule has 0 bridgehead atoms. The molecule has 0 aliphatic carbocycles. The van der Waals surface area contributed by atoms with Gasteiger partial charge in [0.05, 0.1) is 7.11 Å². The van der Waals surface area contributed by atoms with Crippen LogP contribution >= 0.6 is 0 Å². The third-order valence-electron chi connectivity index (χ3n) is 3.26. The highest BCUT2D eigenvalue weighted by Gasteiger charge is 2.23. The fraction of sp³-hybridized carbons (Fsp3) is 0.438. The maximum absolute atomic E-state index is 12.3. The van der Waals surface area contributed by atoms with Crippen LogP contribution in [0.25, 0.3) is 11.1 Å². The third-order valence-corrected chi connectivity index (χ3v) is 3.26. The molecule has 2 aromatic rings. The Morgan fingerprint density at radius 1 is 1.36 bits per heavy atom. The summed E-state index contributed by atoms with van der Waals surface area (Å²) in [6.45, 7) is 5.70. The Morgan fingerprint density at radius 2 is 2.09 bits per heavy atom. The second-order valence-electron chi connectivity index (χ2n) is 5.59. The molecule has 2 rings (SSSR count). The number of amides is 1. The lowest BCUT2D eigenvalue weighted by Gasteiger charge is -2.18. The lowest BCUT2D eigenvalue weighted by atomic mass is 10.0. The molecule has 1 N–H and O–H groups in total. The highest BCUT2D eigenvalue weighted by atomic mass is 16.5. The highest BCUT2D eigenvalue weighted by molar-refractivity contribution is 5.99. The van der Waals surface area contributed by atoms with Gasteiger partial charge in [-0.3, -0.25) is 4.79 Å². The Bertz CT molecular complexity index is 691. The van der Waals surface area contributed by atoms with Crippen LogP contribution < -0.4 is 5.32 Å². The summed E-state index contributed by atoms with van der Waals surface area (Å²) in [5, 5.41) is 2.71. The molecule has 1 atom stereocenters. The second kappa shape index (κ2) is 6.60. The minimum atomic E-state index is -0.662. The number of carbonyl (C=O) groups excluding carboxylic acids is 2. The topological polar surface area (TPSA) is 81.4 Å². The Labute approximate surface area is 128 Å².